The van der Waals surface area contributed by atoms with E-state index in [9.17, 15) is 19.5 Å². The number of aliphatic carboxylic acids is 1. The van der Waals surface area contributed by atoms with Gasteiger partial charge in [-0.15, -0.1) is 0 Å². The summed E-state index contributed by atoms with van der Waals surface area (Å²) >= 11 is 0. The minimum atomic E-state index is -0.839. The maximum Gasteiger partial charge on any atom is 0.308 e. The molecule has 1 aromatic carbocycles. The number of nitrogens with one attached hydrogen (secondary N) is 2. The van der Waals surface area contributed by atoms with E-state index in [4.69, 9.17) is 0 Å². The van der Waals surface area contributed by atoms with Crippen LogP contribution in [-0.4, -0.2) is 35.5 Å². The number of carboxylic acids is 1. The second kappa shape index (κ2) is 10.6. The molecule has 142 valence electrons. The van der Waals surface area contributed by atoms with Gasteiger partial charge >= 0.3 is 5.97 Å². The van der Waals surface area contributed by atoms with Crippen molar-refractivity contribution in [2.45, 2.75) is 57.4 Å². The molecule has 0 spiro atoms. The molecule has 6 nitrogen and oxygen atoms in total. The van der Waals surface area contributed by atoms with E-state index in [-0.39, 0.29) is 37.2 Å². The number of benzene rings is 1. The maximum absolute atomic E-state index is 12.2. The molecule has 0 aliphatic heterocycles. The highest BCUT2D eigenvalue weighted by Crippen LogP contribution is 2.23. The molecule has 1 fully saturated rings. The van der Waals surface area contributed by atoms with Crippen molar-refractivity contribution < 1.29 is 19.5 Å². The van der Waals surface area contributed by atoms with Crippen molar-refractivity contribution in [2.75, 3.05) is 6.54 Å². The average molecular weight is 360 g/mol. The van der Waals surface area contributed by atoms with E-state index < -0.39 is 11.9 Å². The Balaban J connectivity index is 1.74. The molecule has 1 saturated carbocycles. The zero-order chi connectivity index (χ0) is 18.8. The van der Waals surface area contributed by atoms with Crippen LogP contribution < -0.4 is 10.6 Å². The zero-order valence-corrected chi connectivity index (χ0v) is 15.1. The third kappa shape index (κ3) is 6.86. The van der Waals surface area contributed by atoms with E-state index in [0.717, 1.165) is 31.2 Å². The predicted octanol–water partition coefficient (Wildman–Crippen LogP) is 2.28. The summed E-state index contributed by atoms with van der Waals surface area (Å²) in [5, 5.41) is 15.0. The number of hydrogen-bond donors (Lipinski definition) is 3. The summed E-state index contributed by atoms with van der Waals surface area (Å²) in [4.78, 5) is 35.5. The van der Waals surface area contributed by atoms with Crippen molar-refractivity contribution in [3.05, 3.63) is 35.9 Å². The van der Waals surface area contributed by atoms with Crippen LogP contribution in [-0.2, 0) is 20.8 Å². The standard InChI is InChI=1S/C20H28N2O4/c23-18(12-13-21-19(24)14-15-8-4-3-5-9-15)22-17-11-7-2-1-6-10-16(17)20(25)26/h3-5,8-9,16-17H,1-2,6-7,10-14H2,(H,21,24)(H,22,23)(H,25,26). The normalized spacial score (nSPS) is 20.5. The minimum Gasteiger partial charge on any atom is -0.481 e. The van der Waals surface area contributed by atoms with Crippen LogP contribution >= 0.6 is 0 Å². The number of amides is 2. The Hall–Kier alpha value is -2.37. The van der Waals surface area contributed by atoms with Crippen LogP contribution in [0.3, 0.4) is 0 Å². The average Bonchev–Trinajstić information content (AvgIpc) is 2.58. The summed E-state index contributed by atoms with van der Waals surface area (Å²) in [6, 6.07) is 9.10. The number of carbonyl (C=O) groups is 3. The molecular formula is C20H28N2O4. The van der Waals surface area contributed by atoms with Crippen LogP contribution in [0.15, 0.2) is 30.3 Å². The predicted molar refractivity (Wildman–Crippen MR) is 98.5 cm³/mol. The van der Waals surface area contributed by atoms with Gasteiger partial charge in [-0.3, -0.25) is 14.4 Å². The highest BCUT2D eigenvalue weighted by atomic mass is 16.4. The Kier molecular flexibility index (Phi) is 8.12. The van der Waals surface area contributed by atoms with Gasteiger partial charge in [0, 0.05) is 19.0 Å². The van der Waals surface area contributed by atoms with Crippen LogP contribution in [0.2, 0.25) is 0 Å². The molecule has 2 unspecified atom stereocenters. The first kappa shape index (κ1) is 19.9. The zero-order valence-electron chi connectivity index (χ0n) is 15.1. The van der Waals surface area contributed by atoms with Crippen molar-refractivity contribution in [2.24, 2.45) is 5.92 Å². The lowest BCUT2D eigenvalue weighted by atomic mass is 9.86. The van der Waals surface area contributed by atoms with Gasteiger partial charge in [-0.1, -0.05) is 56.0 Å². The third-order valence-electron chi connectivity index (χ3n) is 4.81. The Bertz CT molecular complexity index is 603. The molecule has 1 aliphatic rings. The number of carbonyl (C=O) groups excluding carboxylic acids is 2. The number of hydrogen-bond acceptors (Lipinski definition) is 3. The van der Waals surface area contributed by atoms with E-state index in [2.05, 4.69) is 10.6 Å². The van der Waals surface area contributed by atoms with Crippen molar-refractivity contribution in [3.63, 3.8) is 0 Å². The second-order valence-electron chi connectivity index (χ2n) is 6.87. The summed E-state index contributed by atoms with van der Waals surface area (Å²) in [5.41, 5.74) is 0.924. The first-order valence-corrected chi connectivity index (χ1v) is 9.39. The van der Waals surface area contributed by atoms with Crippen molar-refractivity contribution >= 4 is 17.8 Å². The van der Waals surface area contributed by atoms with Gasteiger partial charge in [-0.2, -0.15) is 0 Å². The van der Waals surface area contributed by atoms with Crippen LogP contribution in [0.4, 0.5) is 0 Å². The fraction of sp³-hybridized carbons (Fsp3) is 0.550. The molecule has 6 heteroatoms. The third-order valence-corrected chi connectivity index (χ3v) is 4.81. The SMILES string of the molecule is O=C(Cc1ccccc1)NCCC(=O)NC1CCCCCCC1C(=O)O. The number of carboxylic acid groups (broad SMARTS) is 1. The molecule has 1 aromatic rings. The van der Waals surface area contributed by atoms with Gasteiger partial charge in [0.2, 0.25) is 11.8 Å². The fourth-order valence-corrected chi connectivity index (χ4v) is 3.39. The van der Waals surface area contributed by atoms with Gasteiger partial charge in [0.1, 0.15) is 0 Å². The smallest absolute Gasteiger partial charge is 0.308 e. The summed E-state index contributed by atoms with van der Waals surface area (Å²) in [5.74, 6) is -1.69. The van der Waals surface area contributed by atoms with Gasteiger partial charge in [0.15, 0.2) is 0 Å². The monoisotopic (exact) mass is 360 g/mol. The van der Waals surface area contributed by atoms with Crippen LogP contribution in [0.25, 0.3) is 0 Å². The highest BCUT2D eigenvalue weighted by Gasteiger charge is 2.29. The summed E-state index contributed by atoms with van der Waals surface area (Å²) in [6.07, 6.45) is 5.69. The number of rotatable bonds is 7. The van der Waals surface area contributed by atoms with Gasteiger partial charge in [-0.05, 0) is 18.4 Å². The van der Waals surface area contributed by atoms with E-state index in [1.165, 1.54) is 0 Å². The van der Waals surface area contributed by atoms with Gasteiger partial charge in [0.25, 0.3) is 0 Å². The van der Waals surface area contributed by atoms with Gasteiger partial charge in [0.05, 0.1) is 12.3 Å². The largest absolute Gasteiger partial charge is 0.481 e. The second-order valence-corrected chi connectivity index (χ2v) is 6.87. The van der Waals surface area contributed by atoms with E-state index in [1.54, 1.807) is 0 Å². The lowest BCUT2D eigenvalue weighted by molar-refractivity contribution is -0.143. The molecule has 0 radical (unpaired) electrons. The Morgan fingerprint density at radius 2 is 1.65 bits per heavy atom. The molecular weight excluding hydrogens is 332 g/mol. The van der Waals surface area contributed by atoms with Gasteiger partial charge in [-0.25, -0.2) is 0 Å². The molecule has 1 aliphatic carbocycles. The molecule has 0 aromatic heterocycles. The van der Waals surface area contributed by atoms with E-state index in [0.29, 0.717) is 12.8 Å². The first-order chi connectivity index (χ1) is 12.6. The Morgan fingerprint density at radius 3 is 2.35 bits per heavy atom. The van der Waals surface area contributed by atoms with Crippen LogP contribution in [0, 0.1) is 5.92 Å². The maximum atomic E-state index is 12.2. The molecule has 3 N–H and O–H groups in total. The molecule has 0 saturated heterocycles. The molecule has 0 heterocycles. The van der Waals surface area contributed by atoms with Crippen molar-refractivity contribution in [1.82, 2.24) is 10.6 Å². The van der Waals surface area contributed by atoms with Gasteiger partial charge < -0.3 is 15.7 Å². The summed E-state index contributed by atoms with van der Waals surface area (Å²) < 4.78 is 0. The quantitative estimate of drug-likeness (QED) is 0.695. The van der Waals surface area contributed by atoms with E-state index in [1.807, 2.05) is 30.3 Å². The molecule has 26 heavy (non-hydrogen) atoms. The van der Waals surface area contributed by atoms with Crippen molar-refractivity contribution in [3.8, 4) is 0 Å². The van der Waals surface area contributed by atoms with Crippen LogP contribution in [0.1, 0.15) is 50.5 Å². The lowest BCUT2D eigenvalue weighted by Gasteiger charge is -2.27. The topological polar surface area (TPSA) is 95.5 Å². The summed E-state index contributed by atoms with van der Waals surface area (Å²) in [6.45, 7) is 0.252. The van der Waals surface area contributed by atoms with E-state index >= 15 is 0 Å². The van der Waals surface area contributed by atoms with Crippen molar-refractivity contribution in [1.29, 1.82) is 0 Å². The fourth-order valence-electron chi connectivity index (χ4n) is 3.39. The Morgan fingerprint density at radius 1 is 0.962 bits per heavy atom. The molecule has 2 atom stereocenters. The summed E-state index contributed by atoms with van der Waals surface area (Å²) in [7, 11) is 0. The Labute approximate surface area is 154 Å². The molecule has 2 amide bonds. The highest BCUT2D eigenvalue weighted by molar-refractivity contribution is 5.81. The first-order valence-electron chi connectivity index (χ1n) is 9.39. The lowest BCUT2D eigenvalue weighted by Crippen LogP contribution is -2.44. The molecule has 2 rings (SSSR count). The molecule has 0 bridgehead atoms. The van der Waals surface area contributed by atoms with Crippen LogP contribution in [0.5, 0.6) is 0 Å². The minimum absolute atomic E-state index is 0.127.